The summed E-state index contributed by atoms with van der Waals surface area (Å²) < 4.78 is 22.8. The fourth-order valence-electron chi connectivity index (χ4n) is 2.30. The van der Waals surface area contributed by atoms with E-state index in [1.54, 1.807) is 0 Å². The van der Waals surface area contributed by atoms with E-state index < -0.39 is 14.9 Å². The first-order chi connectivity index (χ1) is 10.4. The molecular formula is C14H32N2O5Si. The summed E-state index contributed by atoms with van der Waals surface area (Å²) in [6.45, 7) is 8.51. The van der Waals surface area contributed by atoms with Crippen molar-refractivity contribution in [3.05, 3.63) is 0 Å². The SMILES string of the molecule is CCO[Si](OCC)(OCC)C(CCOC(N)=O)CCN(C)C. The molecule has 0 heterocycles. The number of rotatable bonds is 13. The molecule has 2 N–H and O–H groups in total. The topological polar surface area (TPSA) is 83.2 Å². The Bertz CT molecular complexity index is 288. The molecule has 1 atom stereocenters. The number of hydrogen-bond donors (Lipinski definition) is 1. The Morgan fingerprint density at radius 1 is 1.05 bits per heavy atom. The lowest BCUT2D eigenvalue weighted by molar-refractivity contribution is 0.0543. The predicted molar refractivity (Wildman–Crippen MR) is 87.7 cm³/mol. The van der Waals surface area contributed by atoms with Gasteiger partial charge in [-0.05, 0) is 54.3 Å². The van der Waals surface area contributed by atoms with Crippen LogP contribution in [0.15, 0.2) is 0 Å². The van der Waals surface area contributed by atoms with Crippen molar-refractivity contribution in [1.29, 1.82) is 0 Å². The van der Waals surface area contributed by atoms with Crippen molar-refractivity contribution in [2.24, 2.45) is 5.73 Å². The third-order valence-corrected chi connectivity index (χ3v) is 6.82. The second kappa shape index (κ2) is 11.8. The first-order valence-electron chi connectivity index (χ1n) is 7.90. The molecule has 0 fully saturated rings. The summed E-state index contributed by atoms with van der Waals surface area (Å²) >= 11 is 0. The molecule has 0 rings (SSSR count). The summed E-state index contributed by atoms with van der Waals surface area (Å²) in [5, 5.41) is 0. The number of carbonyl (C=O) groups is 1. The first kappa shape index (κ1) is 21.3. The highest BCUT2D eigenvalue weighted by molar-refractivity contribution is 6.62. The predicted octanol–water partition coefficient (Wildman–Crippen LogP) is 1.84. The van der Waals surface area contributed by atoms with Crippen LogP contribution in [0.25, 0.3) is 0 Å². The molecule has 1 amide bonds. The lowest BCUT2D eigenvalue weighted by Gasteiger charge is -2.35. The quantitative estimate of drug-likeness (QED) is 0.517. The fraction of sp³-hybridized carbons (Fsp3) is 0.929. The molecule has 7 nitrogen and oxygen atoms in total. The van der Waals surface area contributed by atoms with Crippen LogP contribution >= 0.6 is 0 Å². The molecule has 132 valence electrons. The van der Waals surface area contributed by atoms with Gasteiger partial charge in [-0.25, -0.2) is 4.79 Å². The Kier molecular flexibility index (Phi) is 11.5. The van der Waals surface area contributed by atoms with E-state index in [1.807, 2.05) is 34.9 Å². The summed E-state index contributed by atoms with van der Waals surface area (Å²) in [6, 6.07) is 0. The van der Waals surface area contributed by atoms with E-state index >= 15 is 0 Å². The molecule has 8 heteroatoms. The van der Waals surface area contributed by atoms with Gasteiger partial charge in [-0.3, -0.25) is 0 Å². The summed E-state index contributed by atoms with van der Waals surface area (Å²) in [5.41, 5.74) is 5.10. The molecule has 0 aliphatic rings. The van der Waals surface area contributed by atoms with Gasteiger partial charge in [0.2, 0.25) is 0 Å². The second-order valence-corrected chi connectivity index (χ2v) is 8.04. The van der Waals surface area contributed by atoms with E-state index in [2.05, 4.69) is 4.90 Å². The van der Waals surface area contributed by atoms with Crippen LogP contribution in [0.4, 0.5) is 4.79 Å². The Balaban J connectivity index is 5.06. The van der Waals surface area contributed by atoms with Gasteiger partial charge in [0.15, 0.2) is 0 Å². The van der Waals surface area contributed by atoms with Crippen molar-refractivity contribution in [2.75, 3.05) is 47.1 Å². The van der Waals surface area contributed by atoms with Gasteiger partial charge < -0.3 is 28.6 Å². The third-order valence-electron chi connectivity index (χ3n) is 3.17. The molecule has 0 spiro atoms. The van der Waals surface area contributed by atoms with E-state index in [1.165, 1.54) is 0 Å². The largest absolute Gasteiger partial charge is 0.504 e. The number of ether oxygens (including phenoxy) is 1. The zero-order chi connectivity index (χ0) is 17.0. The minimum atomic E-state index is -2.82. The zero-order valence-corrected chi connectivity index (χ0v) is 15.6. The molecule has 0 radical (unpaired) electrons. The normalized spacial score (nSPS) is 13.4. The van der Waals surface area contributed by atoms with Gasteiger partial charge in [-0.1, -0.05) is 0 Å². The molecule has 0 bridgehead atoms. The van der Waals surface area contributed by atoms with Crippen LogP contribution < -0.4 is 5.73 Å². The lowest BCUT2D eigenvalue weighted by Crippen LogP contribution is -2.51. The molecule has 0 aromatic rings. The van der Waals surface area contributed by atoms with E-state index in [4.69, 9.17) is 23.7 Å². The maximum atomic E-state index is 10.8. The van der Waals surface area contributed by atoms with Crippen molar-refractivity contribution in [1.82, 2.24) is 4.90 Å². The number of primary amides is 1. The number of nitrogens with zero attached hydrogens (tertiary/aromatic N) is 1. The van der Waals surface area contributed by atoms with Crippen LogP contribution in [0.3, 0.4) is 0 Å². The van der Waals surface area contributed by atoms with Crippen LogP contribution in [0.1, 0.15) is 33.6 Å². The van der Waals surface area contributed by atoms with Gasteiger partial charge in [0.1, 0.15) is 0 Å². The highest BCUT2D eigenvalue weighted by Gasteiger charge is 2.48. The number of amides is 1. The molecule has 0 aliphatic heterocycles. The highest BCUT2D eigenvalue weighted by Crippen LogP contribution is 2.32. The van der Waals surface area contributed by atoms with Crippen molar-refractivity contribution in [2.45, 2.75) is 39.2 Å². The summed E-state index contributed by atoms with van der Waals surface area (Å²) in [5.74, 6) is 0. The van der Waals surface area contributed by atoms with Crippen molar-refractivity contribution >= 4 is 14.9 Å². The van der Waals surface area contributed by atoms with Gasteiger partial charge in [-0.15, -0.1) is 0 Å². The van der Waals surface area contributed by atoms with Crippen LogP contribution in [-0.2, 0) is 18.0 Å². The molecule has 1 unspecified atom stereocenters. The zero-order valence-electron chi connectivity index (χ0n) is 14.6. The average Bonchev–Trinajstić information content (AvgIpc) is 2.42. The maximum absolute atomic E-state index is 10.8. The summed E-state index contributed by atoms with van der Waals surface area (Å²) in [7, 11) is 1.21. The van der Waals surface area contributed by atoms with E-state index in [0.717, 1.165) is 13.0 Å². The van der Waals surface area contributed by atoms with Gasteiger partial charge in [0, 0.05) is 25.4 Å². The Labute approximate surface area is 135 Å². The van der Waals surface area contributed by atoms with E-state index in [9.17, 15) is 4.79 Å². The second-order valence-electron chi connectivity index (χ2n) is 5.15. The third kappa shape index (κ3) is 8.09. The first-order valence-corrected chi connectivity index (χ1v) is 9.70. The van der Waals surface area contributed by atoms with Gasteiger partial charge in [0.25, 0.3) is 0 Å². The van der Waals surface area contributed by atoms with E-state index in [-0.39, 0.29) is 12.1 Å². The Morgan fingerprint density at radius 3 is 1.91 bits per heavy atom. The average molecular weight is 337 g/mol. The van der Waals surface area contributed by atoms with Crippen LogP contribution in [0.5, 0.6) is 0 Å². The Morgan fingerprint density at radius 2 is 1.55 bits per heavy atom. The summed E-state index contributed by atoms with van der Waals surface area (Å²) in [4.78, 5) is 12.9. The lowest BCUT2D eigenvalue weighted by atomic mass is 10.2. The van der Waals surface area contributed by atoms with E-state index in [0.29, 0.717) is 26.2 Å². The fourth-order valence-corrected chi connectivity index (χ4v) is 5.41. The smallest absolute Gasteiger partial charge is 0.450 e. The monoisotopic (exact) mass is 336 g/mol. The standard InChI is InChI=1S/C14H32N2O5Si/c1-6-19-22(20-7-2,21-8-3)13(9-11-16(4)5)10-12-18-14(15)17/h13H,6-12H2,1-5H3,(H2,15,17). The minimum Gasteiger partial charge on any atom is -0.450 e. The van der Waals surface area contributed by atoms with Crippen LogP contribution in [0, 0.1) is 0 Å². The molecule has 22 heavy (non-hydrogen) atoms. The highest BCUT2D eigenvalue weighted by atomic mass is 28.4. The molecule has 0 aromatic heterocycles. The van der Waals surface area contributed by atoms with Gasteiger partial charge >= 0.3 is 14.9 Å². The van der Waals surface area contributed by atoms with Crippen molar-refractivity contribution in [3.8, 4) is 0 Å². The maximum Gasteiger partial charge on any atom is 0.504 e. The van der Waals surface area contributed by atoms with Gasteiger partial charge in [0.05, 0.1) is 6.61 Å². The summed E-state index contributed by atoms with van der Waals surface area (Å²) in [6.07, 6.45) is 0.701. The van der Waals surface area contributed by atoms with Gasteiger partial charge in [-0.2, -0.15) is 0 Å². The van der Waals surface area contributed by atoms with Crippen LogP contribution in [0.2, 0.25) is 5.54 Å². The molecular weight excluding hydrogens is 304 g/mol. The molecule has 0 aliphatic carbocycles. The Hall–Kier alpha value is -0.673. The van der Waals surface area contributed by atoms with Crippen molar-refractivity contribution < 1.29 is 22.8 Å². The minimum absolute atomic E-state index is 0.0640. The molecule has 0 saturated heterocycles. The number of nitrogens with two attached hydrogens (primary N) is 1. The number of carbonyl (C=O) groups excluding carboxylic acids is 1. The van der Waals surface area contributed by atoms with Crippen LogP contribution in [-0.4, -0.2) is 66.9 Å². The molecule has 0 saturated carbocycles. The number of hydrogen-bond acceptors (Lipinski definition) is 6. The molecule has 0 aromatic carbocycles. The van der Waals surface area contributed by atoms with Crippen molar-refractivity contribution in [3.63, 3.8) is 0 Å².